The number of aromatic nitrogens is 4. The predicted molar refractivity (Wildman–Crippen MR) is 154 cm³/mol. The molecule has 0 saturated carbocycles. The molecule has 5 rings (SSSR count). The standard InChI is InChI=1S/C30H38N6O2/c1-6-34-20-22(28(37)36(7-2)29(34)38)19-33-15-17-35(18-16-33)25-10-8-9-24-26(25)32-27(31-24)21-11-13-23(14-12-21)30(3,4)5/h8-14,20H,6-7,15-19H2,1-5H3,(H,31,32). The lowest BCUT2D eigenvalue weighted by Crippen LogP contribution is -2.48. The second-order valence-corrected chi connectivity index (χ2v) is 11.1. The highest BCUT2D eigenvalue weighted by Gasteiger charge is 2.22. The maximum atomic E-state index is 12.9. The molecule has 0 atom stereocenters. The largest absolute Gasteiger partial charge is 0.367 e. The van der Waals surface area contributed by atoms with Crippen LogP contribution in [0, 0.1) is 0 Å². The number of nitrogens with zero attached hydrogens (tertiary/aromatic N) is 5. The van der Waals surface area contributed by atoms with Gasteiger partial charge in [0.15, 0.2) is 0 Å². The van der Waals surface area contributed by atoms with Crippen LogP contribution in [0.2, 0.25) is 0 Å². The van der Waals surface area contributed by atoms with E-state index in [0.717, 1.165) is 54.3 Å². The zero-order valence-electron chi connectivity index (χ0n) is 23.1. The number of hydrogen-bond donors (Lipinski definition) is 1. The van der Waals surface area contributed by atoms with Gasteiger partial charge < -0.3 is 14.5 Å². The molecule has 38 heavy (non-hydrogen) atoms. The topological polar surface area (TPSA) is 79.2 Å². The van der Waals surface area contributed by atoms with Gasteiger partial charge >= 0.3 is 5.69 Å². The van der Waals surface area contributed by atoms with Crippen molar-refractivity contribution in [3.63, 3.8) is 0 Å². The Morgan fingerprint density at radius 1 is 0.921 bits per heavy atom. The lowest BCUT2D eigenvalue weighted by molar-refractivity contribution is 0.247. The van der Waals surface area contributed by atoms with E-state index in [-0.39, 0.29) is 16.7 Å². The normalized spacial score (nSPS) is 14.9. The average molecular weight is 515 g/mol. The summed E-state index contributed by atoms with van der Waals surface area (Å²) in [4.78, 5) is 38.5. The molecule has 1 saturated heterocycles. The van der Waals surface area contributed by atoms with Crippen LogP contribution < -0.4 is 16.1 Å². The first-order valence-electron chi connectivity index (χ1n) is 13.6. The third kappa shape index (κ3) is 4.92. The Kier molecular flexibility index (Phi) is 7.01. The Labute approximate surface area is 223 Å². The summed E-state index contributed by atoms with van der Waals surface area (Å²) < 4.78 is 2.96. The van der Waals surface area contributed by atoms with Gasteiger partial charge in [-0.05, 0) is 37.0 Å². The van der Waals surface area contributed by atoms with Crippen LogP contribution in [0.3, 0.4) is 0 Å². The minimum Gasteiger partial charge on any atom is -0.367 e. The zero-order valence-corrected chi connectivity index (χ0v) is 23.1. The lowest BCUT2D eigenvalue weighted by atomic mass is 9.87. The molecule has 0 aliphatic carbocycles. The molecule has 0 amide bonds. The van der Waals surface area contributed by atoms with Gasteiger partial charge in [0, 0.05) is 63.1 Å². The molecule has 0 spiro atoms. The third-order valence-electron chi connectivity index (χ3n) is 7.59. The van der Waals surface area contributed by atoms with Crippen molar-refractivity contribution in [3.8, 4) is 11.4 Å². The van der Waals surface area contributed by atoms with E-state index >= 15 is 0 Å². The number of imidazole rings is 1. The first-order valence-corrected chi connectivity index (χ1v) is 13.6. The van der Waals surface area contributed by atoms with Gasteiger partial charge in [0.05, 0.1) is 11.2 Å². The smallest absolute Gasteiger partial charge is 0.330 e. The molecule has 1 N–H and O–H groups in total. The molecule has 0 radical (unpaired) electrons. The van der Waals surface area contributed by atoms with E-state index in [4.69, 9.17) is 4.98 Å². The Hall–Kier alpha value is -3.65. The number of fused-ring (bicyclic) bond motifs is 1. The molecule has 0 unspecified atom stereocenters. The highest BCUT2D eigenvalue weighted by atomic mass is 16.2. The Balaban J connectivity index is 1.33. The maximum Gasteiger partial charge on any atom is 0.330 e. The van der Waals surface area contributed by atoms with Crippen molar-refractivity contribution < 1.29 is 0 Å². The van der Waals surface area contributed by atoms with Gasteiger partial charge in [-0.15, -0.1) is 0 Å². The van der Waals surface area contributed by atoms with Crippen molar-refractivity contribution in [1.82, 2.24) is 24.0 Å². The number of para-hydroxylation sites is 1. The second-order valence-electron chi connectivity index (χ2n) is 11.1. The number of anilines is 1. The van der Waals surface area contributed by atoms with Crippen LogP contribution >= 0.6 is 0 Å². The molecule has 3 heterocycles. The van der Waals surface area contributed by atoms with Crippen LogP contribution in [0.5, 0.6) is 0 Å². The average Bonchev–Trinajstić information content (AvgIpc) is 3.35. The van der Waals surface area contributed by atoms with Crippen molar-refractivity contribution in [3.05, 3.63) is 80.6 Å². The zero-order chi connectivity index (χ0) is 27.0. The Morgan fingerprint density at radius 2 is 1.63 bits per heavy atom. The molecular formula is C30H38N6O2. The molecule has 2 aromatic heterocycles. The van der Waals surface area contributed by atoms with Gasteiger partial charge in [0.1, 0.15) is 11.3 Å². The van der Waals surface area contributed by atoms with Gasteiger partial charge in [-0.3, -0.25) is 14.3 Å². The summed E-state index contributed by atoms with van der Waals surface area (Å²) in [5, 5.41) is 0. The van der Waals surface area contributed by atoms with Crippen molar-refractivity contribution >= 4 is 16.7 Å². The molecule has 8 nitrogen and oxygen atoms in total. The summed E-state index contributed by atoms with van der Waals surface area (Å²) in [7, 11) is 0. The summed E-state index contributed by atoms with van der Waals surface area (Å²) in [5.41, 5.74) is 5.92. The number of nitrogens with one attached hydrogen (secondary N) is 1. The van der Waals surface area contributed by atoms with E-state index < -0.39 is 0 Å². The first-order chi connectivity index (χ1) is 18.2. The molecule has 8 heteroatoms. The first kappa shape index (κ1) is 26.0. The monoisotopic (exact) mass is 514 g/mol. The van der Waals surface area contributed by atoms with Crippen molar-refractivity contribution in [2.24, 2.45) is 0 Å². The highest BCUT2D eigenvalue weighted by molar-refractivity contribution is 5.91. The third-order valence-corrected chi connectivity index (χ3v) is 7.59. The molecule has 2 aromatic carbocycles. The number of hydrogen-bond acceptors (Lipinski definition) is 5. The number of rotatable bonds is 6. The fourth-order valence-corrected chi connectivity index (χ4v) is 5.25. The molecular weight excluding hydrogens is 476 g/mol. The van der Waals surface area contributed by atoms with Crippen LogP contribution in [-0.4, -0.2) is 50.2 Å². The number of piperazine rings is 1. The van der Waals surface area contributed by atoms with Crippen molar-refractivity contribution in [2.45, 2.75) is 59.7 Å². The van der Waals surface area contributed by atoms with Crippen LogP contribution in [0.25, 0.3) is 22.4 Å². The SMILES string of the molecule is CCn1cc(CN2CCN(c3cccc4[nH]c(-c5ccc(C(C)(C)C)cc5)nc34)CC2)c(=O)n(CC)c1=O. The van der Waals surface area contributed by atoms with Gasteiger partial charge in [-0.25, -0.2) is 9.78 Å². The molecule has 1 fully saturated rings. The number of aromatic amines is 1. The highest BCUT2D eigenvalue weighted by Crippen LogP contribution is 2.30. The summed E-state index contributed by atoms with van der Waals surface area (Å²) in [6.07, 6.45) is 1.74. The van der Waals surface area contributed by atoms with Crippen LogP contribution in [0.1, 0.15) is 45.7 Å². The summed E-state index contributed by atoms with van der Waals surface area (Å²) in [5.74, 6) is 0.879. The molecule has 0 bridgehead atoms. The van der Waals surface area contributed by atoms with Crippen LogP contribution in [0.15, 0.2) is 58.3 Å². The van der Waals surface area contributed by atoms with Gasteiger partial charge in [0.25, 0.3) is 5.56 Å². The molecule has 1 aliphatic rings. The predicted octanol–water partition coefficient (Wildman–Crippen LogP) is 4.21. The van der Waals surface area contributed by atoms with E-state index in [9.17, 15) is 9.59 Å². The fraction of sp³-hybridized carbons (Fsp3) is 0.433. The van der Waals surface area contributed by atoms with E-state index in [1.54, 1.807) is 10.8 Å². The van der Waals surface area contributed by atoms with Crippen molar-refractivity contribution in [1.29, 1.82) is 0 Å². The molecule has 1 aliphatic heterocycles. The summed E-state index contributed by atoms with van der Waals surface area (Å²) in [6.45, 7) is 15.3. The van der Waals surface area contributed by atoms with E-state index in [0.29, 0.717) is 25.2 Å². The van der Waals surface area contributed by atoms with Gasteiger partial charge in [0.2, 0.25) is 0 Å². The fourth-order valence-electron chi connectivity index (χ4n) is 5.25. The number of aryl methyl sites for hydroxylation is 1. The molecule has 4 aromatic rings. The number of benzene rings is 2. The minimum absolute atomic E-state index is 0.116. The van der Waals surface area contributed by atoms with E-state index in [1.165, 1.54) is 10.1 Å². The van der Waals surface area contributed by atoms with Crippen molar-refractivity contribution in [2.75, 3.05) is 31.1 Å². The minimum atomic E-state index is -0.231. The molecule has 200 valence electrons. The Morgan fingerprint density at radius 3 is 2.26 bits per heavy atom. The number of H-pyrrole nitrogens is 1. The lowest BCUT2D eigenvalue weighted by Gasteiger charge is -2.36. The van der Waals surface area contributed by atoms with E-state index in [1.807, 2.05) is 13.8 Å². The van der Waals surface area contributed by atoms with Gasteiger partial charge in [-0.1, -0.05) is 51.1 Å². The van der Waals surface area contributed by atoms with Gasteiger partial charge in [-0.2, -0.15) is 0 Å². The summed E-state index contributed by atoms with van der Waals surface area (Å²) in [6, 6.07) is 15.0. The van der Waals surface area contributed by atoms with E-state index in [2.05, 4.69) is 78.0 Å². The van der Waals surface area contributed by atoms with Crippen LogP contribution in [0.4, 0.5) is 5.69 Å². The van der Waals surface area contributed by atoms with Crippen LogP contribution in [-0.2, 0) is 25.0 Å². The Bertz CT molecular complexity index is 1550. The summed E-state index contributed by atoms with van der Waals surface area (Å²) >= 11 is 0. The quantitative estimate of drug-likeness (QED) is 0.417. The maximum absolute atomic E-state index is 12.9. The second kappa shape index (κ2) is 10.3.